The normalized spacial score (nSPS) is 19.6. The number of rotatable bonds is 12. The van der Waals surface area contributed by atoms with Crippen LogP contribution in [0.15, 0.2) is 75.3 Å². The molecular formula is C30H42N6S. The van der Waals surface area contributed by atoms with Gasteiger partial charge in [-0.15, -0.1) is 11.3 Å². The number of thiophene rings is 1. The Labute approximate surface area is 226 Å². The first-order chi connectivity index (χ1) is 17.9. The summed E-state index contributed by atoms with van der Waals surface area (Å²) in [7, 11) is 0. The van der Waals surface area contributed by atoms with Crippen molar-refractivity contribution in [2.45, 2.75) is 53.0 Å². The largest absolute Gasteiger partial charge is 0.383 e. The Morgan fingerprint density at radius 2 is 1.78 bits per heavy atom. The Morgan fingerprint density at radius 3 is 2.41 bits per heavy atom. The van der Waals surface area contributed by atoms with Gasteiger partial charge in [-0.25, -0.2) is 4.99 Å². The van der Waals surface area contributed by atoms with Gasteiger partial charge in [0.05, 0.1) is 4.88 Å². The van der Waals surface area contributed by atoms with E-state index >= 15 is 0 Å². The molecule has 1 unspecified atom stereocenters. The molecule has 1 aliphatic carbocycles. The van der Waals surface area contributed by atoms with Crippen molar-refractivity contribution in [2.75, 3.05) is 44.2 Å². The number of aliphatic imine (C=N–C) groups is 2. The standard InChI is InChI=1S/C30H42N6S/c1-6-34(7-2)18-19-36-27-17-14-24(32-29(31)26-11-10-20-37-26)22-30(27,5)33-28(36)21-23-12-15-25(16-13-23)35(8-3)9-4/h10-17,20H,6-9,18-19,21-22H2,1-5H3,(H2,31,32). The molecule has 0 spiro atoms. The maximum Gasteiger partial charge on any atom is 0.141 e. The van der Waals surface area contributed by atoms with Crippen LogP contribution in [-0.2, 0) is 6.42 Å². The van der Waals surface area contributed by atoms with Gasteiger partial charge in [0, 0.05) is 56.1 Å². The molecule has 37 heavy (non-hydrogen) atoms. The van der Waals surface area contributed by atoms with E-state index in [-0.39, 0.29) is 5.54 Å². The lowest BCUT2D eigenvalue weighted by Gasteiger charge is -2.32. The fraction of sp³-hybridized carbons (Fsp3) is 0.467. The molecule has 7 heteroatoms. The molecule has 1 atom stereocenters. The van der Waals surface area contributed by atoms with E-state index in [0.29, 0.717) is 5.84 Å². The van der Waals surface area contributed by atoms with E-state index in [1.807, 2.05) is 17.5 Å². The van der Waals surface area contributed by atoms with Crippen LogP contribution in [0.1, 0.15) is 51.5 Å². The minimum absolute atomic E-state index is 0.330. The van der Waals surface area contributed by atoms with Gasteiger partial charge in [0.15, 0.2) is 0 Å². The number of hydrogen-bond donors (Lipinski definition) is 1. The van der Waals surface area contributed by atoms with Crippen LogP contribution in [-0.4, -0.2) is 66.3 Å². The Bertz CT molecular complexity index is 1150. The zero-order valence-electron chi connectivity index (χ0n) is 23.1. The summed E-state index contributed by atoms with van der Waals surface area (Å²) in [6.07, 6.45) is 5.91. The number of amidine groups is 2. The Kier molecular flexibility index (Phi) is 8.87. The zero-order chi connectivity index (χ0) is 26.4. The Balaban J connectivity index is 1.59. The van der Waals surface area contributed by atoms with Crippen LogP contribution in [0.3, 0.4) is 0 Å². The van der Waals surface area contributed by atoms with E-state index in [1.165, 1.54) is 16.9 Å². The van der Waals surface area contributed by atoms with Gasteiger partial charge in [-0.1, -0.05) is 32.0 Å². The first-order valence-corrected chi connectivity index (χ1v) is 14.5. The minimum Gasteiger partial charge on any atom is -0.383 e. The predicted octanol–water partition coefficient (Wildman–Crippen LogP) is 5.53. The van der Waals surface area contributed by atoms with Crippen molar-refractivity contribution in [1.29, 1.82) is 0 Å². The fourth-order valence-electron chi connectivity index (χ4n) is 5.29. The molecule has 2 aromatic rings. The molecule has 0 saturated carbocycles. The van der Waals surface area contributed by atoms with E-state index in [9.17, 15) is 0 Å². The summed E-state index contributed by atoms with van der Waals surface area (Å²) in [6, 6.07) is 13.0. The van der Waals surface area contributed by atoms with Crippen LogP contribution in [0.5, 0.6) is 0 Å². The molecule has 0 amide bonds. The van der Waals surface area contributed by atoms with Crippen LogP contribution in [0.2, 0.25) is 0 Å². The number of anilines is 1. The summed E-state index contributed by atoms with van der Waals surface area (Å²) >= 11 is 1.62. The molecule has 0 bridgehead atoms. The molecule has 6 nitrogen and oxygen atoms in total. The summed E-state index contributed by atoms with van der Waals surface area (Å²) in [5.74, 6) is 1.72. The van der Waals surface area contributed by atoms with Gasteiger partial charge < -0.3 is 20.4 Å². The molecule has 4 rings (SSSR count). The molecule has 0 fully saturated rings. The van der Waals surface area contributed by atoms with Gasteiger partial charge in [0.2, 0.25) is 0 Å². The lowest BCUT2D eigenvalue weighted by atomic mass is 9.89. The minimum atomic E-state index is -0.330. The number of likely N-dealkylation sites (N-methyl/N-ethyl adjacent to an activating group) is 1. The maximum absolute atomic E-state index is 6.32. The molecule has 1 aliphatic heterocycles. The van der Waals surface area contributed by atoms with Crippen LogP contribution < -0.4 is 10.6 Å². The second kappa shape index (κ2) is 12.1. The van der Waals surface area contributed by atoms with Crippen LogP contribution in [0.4, 0.5) is 5.69 Å². The highest BCUT2D eigenvalue weighted by Crippen LogP contribution is 2.41. The highest BCUT2D eigenvalue weighted by Gasteiger charge is 2.42. The van der Waals surface area contributed by atoms with Gasteiger partial charge in [0.25, 0.3) is 0 Å². The first kappa shape index (κ1) is 27.1. The summed E-state index contributed by atoms with van der Waals surface area (Å²) < 4.78 is 0. The van der Waals surface area contributed by atoms with Crippen LogP contribution in [0, 0.1) is 0 Å². The Morgan fingerprint density at radius 1 is 1.05 bits per heavy atom. The second-order valence-corrected chi connectivity index (χ2v) is 10.8. The fourth-order valence-corrected chi connectivity index (χ4v) is 5.92. The monoisotopic (exact) mass is 518 g/mol. The number of hydrogen-bond acceptors (Lipinski definition) is 6. The van der Waals surface area contributed by atoms with Crippen molar-refractivity contribution >= 4 is 28.7 Å². The summed E-state index contributed by atoms with van der Waals surface area (Å²) in [5.41, 5.74) is 10.8. The summed E-state index contributed by atoms with van der Waals surface area (Å²) in [6.45, 7) is 17.2. The highest BCUT2D eigenvalue weighted by molar-refractivity contribution is 7.12. The molecule has 1 aromatic carbocycles. The summed E-state index contributed by atoms with van der Waals surface area (Å²) in [5, 5.41) is 2.03. The lowest BCUT2D eigenvalue weighted by Crippen LogP contribution is -2.39. The molecule has 0 saturated heterocycles. The third-order valence-electron chi connectivity index (χ3n) is 7.49. The molecule has 2 aliphatic rings. The van der Waals surface area contributed by atoms with E-state index in [2.05, 4.69) is 85.7 Å². The topological polar surface area (TPSA) is 60.5 Å². The van der Waals surface area contributed by atoms with Crippen molar-refractivity contribution in [3.8, 4) is 0 Å². The van der Waals surface area contributed by atoms with Crippen LogP contribution >= 0.6 is 11.3 Å². The van der Waals surface area contributed by atoms with Crippen molar-refractivity contribution in [1.82, 2.24) is 9.80 Å². The van der Waals surface area contributed by atoms with Crippen molar-refractivity contribution in [3.63, 3.8) is 0 Å². The van der Waals surface area contributed by atoms with Gasteiger partial charge in [0.1, 0.15) is 17.2 Å². The van der Waals surface area contributed by atoms with Gasteiger partial charge in [-0.3, -0.25) is 4.99 Å². The Hall–Kier alpha value is -2.90. The molecule has 2 heterocycles. The smallest absolute Gasteiger partial charge is 0.141 e. The quantitative estimate of drug-likeness (QED) is 0.297. The average molecular weight is 519 g/mol. The van der Waals surface area contributed by atoms with Crippen molar-refractivity contribution in [3.05, 3.63) is 75.8 Å². The van der Waals surface area contributed by atoms with Crippen molar-refractivity contribution < 1.29 is 0 Å². The van der Waals surface area contributed by atoms with Gasteiger partial charge >= 0.3 is 0 Å². The average Bonchev–Trinajstić information content (AvgIpc) is 3.53. The van der Waals surface area contributed by atoms with E-state index in [4.69, 9.17) is 15.7 Å². The molecule has 0 radical (unpaired) electrons. The van der Waals surface area contributed by atoms with Gasteiger partial charge in [-0.05, 0) is 75.2 Å². The molecule has 2 N–H and O–H groups in total. The number of nitrogens with zero attached hydrogens (tertiary/aromatic N) is 5. The summed E-state index contributed by atoms with van der Waals surface area (Å²) in [4.78, 5) is 18.5. The molecule has 198 valence electrons. The first-order valence-electron chi connectivity index (χ1n) is 13.6. The van der Waals surface area contributed by atoms with E-state index in [0.717, 1.165) is 68.5 Å². The predicted molar refractivity (Wildman–Crippen MR) is 160 cm³/mol. The SMILES string of the molecule is CCN(CC)CCN1C2=CC=C(N=C(N)c3cccs3)CC2(C)N=C1Cc1ccc(N(CC)CC)cc1. The molecular weight excluding hydrogens is 476 g/mol. The van der Waals surface area contributed by atoms with E-state index in [1.54, 1.807) is 11.3 Å². The van der Waals surface area contributed by atoms with Gasteiger partial charge in [-0.2, -0.15) is 0 Å². The third-order valence-corrected chi connectivity index (χ3v) is 8.38. The van der Waals surface area contributed by atoms with Crippen LogP contribution in [0.25, 0.3) is 0 Å². The lowest BCUT2D eigenvalue weighted by molar-refractivity contribution is 0.277. The number of nitrogens with two attached hydrogens (primary N) is 1. The van der Waals surface area contributed by atoms with E-state index < -0.39 is 0 Å². The number of allylic oxidation sites excluding steroid dienone is 2. The second-order valence-electron chi connectivity index (χ2n) is 9.86. The highest BCUT2D eigenvalue weighted by atomic mass is 32.1. The maximum atomic E-state index is 6.32. The zero-order valence-corrected chi connectivity index (χ0v) is 23.9. The molecule has 1 aromatic heterocycles. The number of fused-ring (bicyclic) bond motifs is 1. The third kappa shape index (κ3) is 6.16. The van der Waals surface area contributed by atoms with Crippen molar-refractivity contribution in [2.24, 2.45) is 15.7 Å². The number of benzene rings is 1.